The Hall–Kier alpha value is -1.94. The van der Waals surface area contributed by atoms with E-state index in [2.05, 4.69) is 24.1 Å². The summed E-state index contributed by atoms with van der Waals surface area (Å²) in [6.07, 6.45) is 1.70. The van der Waals surface area contributed by atoms with Crippen molar-refractivity contribution in [2.75, 3.05) is 6.54 Å². The van der Waals surface area contributed by atoms with E-state index in [4.69, 9.17) is 4.74 Å². The molecule has 3 nitrogen and oxygen atoms in total. The molecule has 0 aliphatic heterocycles. The molecule has 1 N–H and O–H groups in total. The zero-order valence-electron chi connectivity index (χ0n) is 12.7. The van der Waals surface area contributed by atoms with Gasteiger partial charge in [-0.15, -0.1) is 0 Å². The van der Waals surface area contributed by atoms with Gasteiger partial charge in [0, 0.05) is 24.9 Å². The van der Waals surface area contributed by atoms with Crippen molar-refractivity contribution in [3.8, 4) is 11.6 Å². The predicted molar refractivity (Wildman–Crippen MR) is 82.0 cm³/mol. The molecule has 1 aromatic carbocycles. The molecule has 1 aromatic heterocycles. The van der Waals surface area contributed by atoms with E-state index in [1.807, 2.05) is 19.1 Å². The smallest absolute Gasteiger partial charge is 0.219 e. The highest BCUT2D eigenvalue weighted by Gasteiger charge is 2.05. The first-order valence-electron chi connectivity index (χ1n) is 7.14. The molecule has 112 valence electrons. The quantitative estimate of drug-likeness (QED) is 0.870. The summed E-state index contributed by atoms with van der Waals surface area (Å²) in [5.74, 6) is 1.27. The molecule has 4 heteroatoms. The summed E-state index contributed by atoms with van der Waals surface area (Å²) in [6.45, 7) is 7.94. The zero-order valence-corrected chi connectivity index (χ0v) is 12.7. The Morgan fingerprint density at radius 2 is 2.05 bits per heavy atom. The maximum absolute atomic E-state index is 13.3. The summed E-state index contributed by atoms with van der Waals surface area (Å²) < 4.78 is 18.9. The van der Waals surface area contributed by atoms with E-state index in [-0.39, 0.29) is 5.82 Å². The van der Waals surface area contributed by atoms with Crippen molar-refractivity contribution in [3.63, 3.8) is 0 Å². The van der Waals surface area contributed by atoms with Gasteiger partial charge in [-0.2, -0.15) is 0 Å². The summed E-state index contributed by atoms with van der Waals surface area (Å²) >= 11 is 0. The van der Waals surface area contributed by atoms with Crippen molar-refractivity contribution in [2.24, 2.45) is 5.92 Å². The molecule has 0 aliphatic carbocycles. The Kier molecular flexibility index (Phi) is 5.28. The van der Waals surface area contributed by atoms with E-state index in [9.17, 15) is 4.39 Å². The van der Waals surface area contributed by atoms with Gasteiger partial charge in [0.2, 0.25) is 5.88 Å². The number of aryl methyl sites for hydroxylation is 1. The third kappa shape index (κ3) is 4.83. The number of pyridine rings is 1. The van der Waals surface area contributed by atoms with Crippen molar-refractivity contribution >= 4 is 0 Å². The molecule has 0 unspecified atom stereocenters. The van der Waals surface area contributed by atoms with Crippen LogP contribution in [0.4, 0.5) is 4.39 Å². The van der Waals surface area contributed by atoms with Gasteiger partial charge in [0.15, 0.2) is 0 Å². The standard InChI is InChI=1S/C17H21FN2O/c1-12(2)10-19-11-14-6-7-20-17(8-14)21-16-9-15(18)5-4-13(16)3/h4-9,12,19H,10-11H2,1-3H3. The molecule has 0 fully saturated rings. The predicted octanol–water partition coefficient (Wildman–Crippen LogP) is 4.07. The number of ether oxygens (including phenoxy) is 1. The molecule has 0 bridgehead atoms. The number of aromatic nitrogens is 1. The van der Waals surface area contributed by atoms with Crippen LogP contribution >= 0.6 is 0 Å². The van der Waals surface area contributed by atoms with Crippen LogP contribution in [-0.2, 0) is 6.54 Å². The minimum Gasteiger partial charge on any atom is -0.439 e. The Morgan fingerprint density at radius 1 is 1.24 bits per heavy atom. The molecule has 0 aliphatic rings. The fourth-order valence-electron chi connectivity index (χ4n) is 1.92. The van der Waals surface area contributed by atoms with Crippen LogP contribution in [0.15, 0.2) is 36.5 Å². The lowest BCUT2D eigenvalue weighted by Gasteiger charge is -2.10. The molecule has 21 heavy (non-hydrogen) atoms. The fourth-order valence-corrected chi connectivity index (χ4v) is 1.92. The van der Waals surface area contributed by atoms with Gasteiger partial charge < -0.3 is 10.1 Å². The topological polar surface area (TPSA) is 34.1 Å². The van der Waals surface area contributed by atoms with E-state index >= 15 is 0 Å². The van der Waals surface area contributed by atoms with Gasteiger partial charge >= 0.3 is 0 Å². The summed E-state index contributed by atoms with van der Waals surface area (Å²) in [7, 11) is 0. The Labute approximate surface area is 125 Å². The molecule has 0 radical (unpaired) electrons. The third-order valence-corrected chi connectivity index (χ3v) is 3.05. The van der Waals surface area contributed by atoms with Crippen LogP contribution in [0.25, 0.3) is 0 Å². The summed E-state index contributed by atoms with van der Waals surface area (Å²) in [5, 5.41) is 3.37. The molecular weight excluding hydrogens is 267 g/mol. The van der Waals surface area contributed by atoms with Crippen molar-refractivity contribution in [1.82, 2.24) is 10.3 Å². The number of halogens is 1. The second-order valence-electron chi connectivity index (χ2n) is 5.54. The molecule has 0 spiro atoms. The van der Waals surface area contributed by atoms with Crippen molar-refractivity contribution in [3.05, 3.63) is 53.5 Å². The van der Waals surface area contributed by atoms with Crippen LogP contribution in [0.2, 0.25) is 0 Å². The first kappa shape index (κ1) is 15.4. The second-order valence-corrected chi connectivity index (χ2v) is 5.54. The molecule has 1 heterocycles. The lowest BCUT2D eigenvalue weighted by Crippen LogP contribution is -2.18. The molecule has 0 atom stereocenters. The lowest BCUT2D eigenvalue weighted by atomic mass is 10.2. The number of rotatable bonds is 6. The average Bonchev–Trinajstić information content (AvgIpc) is 2.43. The van der Waals surface area contributed by atoms with Crippen LogP contribution in [0.1, 0.15) is 25.0 Å². The van der Waals surface area contributed by atoms with Crippen LogP contribution in [0, 0.1) is 18.7 Å². The average molecular weight is 288 g/mol. The zero-order chi connectivity index (χ0) is 15.2. The second kappa shape index (κ2) is 7.18. The summed E-state index contributed by atoms with van der Waals surface area (Å²) in [5.41, 5.74) is 1.97. The Balaban J connectivity index is 2.05. The first-order valence-corrected chi connectivity index (χ1v) is 7.14. The van der Waals surface area contributed by atoms with E-state index < -0.39 is 0 Å². The number of hydrogen-bond acceptors (Lipinski definition) is 3. The minimum atomic E-state index is -0.314. The van der Waals surface area contributed by atoms with E-state index in [1.165, 1.54) is 12.1 Å². The van der Waals surface area contributed by atoms with Crippen LogP contribution in [-0.4, -0.2) is 11.5 Å². The maximum atomic E-state index is 13.3. The molecule has 2 aromatic rings. The van der Waals surface area contributed by atoms with Crippen molar-refractivity contribution in [1.29, 1.82) is 0 Å². The van der Waals surface area contributed by atoms with Gasteiger partial charge in [-0.05, 0) is 42.6 Å². The minimum absolute atomic E-state index is 0.314. The van der Waals surface area contributed by atoms with Crippen LogP contribution in [0.3, 0.4) is 0 Å². The Bertz CT molecular complexity index is 599. The van der Waals surface area contributed by atoms with Crippen LogP contribution in [0.5, 0.6) is 11.6 Å². The number of hydrogen-bond donors (Lipinski definition) is 1. The highest BCUT2D eigenvalue weighted by atomic mass is 19.1. The number of benzene rings is 1. The molecule has 0 amide bonds. The normalized spacial score (nSPS) is 10.9. The van der Waals surface area contributed by atoms with Gasteiger partial charge in [0.1, 0.15) is 11.6 Å². The van der Waals surface area contributed by atoms with E-state index in [0.29, 0.717) is 17.5 Å². The maximum Gasteiger partial charge on any atom is 0.219 e. The molecular formula is C17H21FN2O. The fraction of sp³-hybridized carbons (Fsp3) is 0.353. The first-order chi connectivity index (χ1) is 10.0. The number of nitrogens with one attached hydrogen (secondary N) is 1. The third-order valence-electron chi connectivity index (χ3n) is 3.05. The SMILES string of the molecule is Cc1ccc(F)cc1Oc1cc(CNCC(C)C)ccn1. The van der Waals surface area contributed by atoms with Gasteiger partial charge in [0.25, 0.3) is 0 Å². The van der Waals surface area contributed by atoms with Gasteiger partial charge in [-0.25, -0.2) is 9.37 Å². The lowest BCUT2D eigenvalue weighted by molar-refractivity contribution is 0.453. The van der Waals surface area contributed by atoms with Crippen molar-refractivity contribution in [2.45, 2.75) is 27.3 Å². The van der Waals surface area contributed by atoms with Crippen LogP contribution < -0.4 is 10.1 Å². The monoisotopic (exact) mass is 288 g/mol. The van der Waals surface area contributed by atoms with Crippen molar-refractivity contribution < 1.29 is 9.13 Å². The number of nitrogens with zero attached hydrogens (tertiary/aromatic N) is 1. The summed E-state index contributed by atoms with van der Waals surface area (Å²) in [4.78, 5) is 4.18. The molecule has 2 rings (SSSR count). The molecule has 0 saturated heterocycles. The van der Waals surface area contributed by atoms with E-state index in [1.54, 1.807) is 12.3 Å². The molecule has 0 saturated carbocycles. The van der Waals surface area contributed by atoms with E-state index in [0.717, 1.165) is 24.2 Å². The summed E-state index contributed by atoms with van der Waals surface area (Å²) in [6, 6.07) is 8.30. The largest absolute Gasteiger partial charge is 0.439 e. The van der Waals surface area contributed by atoms with Gasteiger partial charge in [0.05, 0.1) is 0 Å². The highest BCUT2D eigenvalue weighted by molar-refractivity contribution is 5.36. The van der Waals surface area contributed by atoms with Gasteiger partial charge in [-0.3, -0.25) is 0 Å². The highest BCUT2D eigenvalue weighted by Crippen LogP contribution is 2.24. The Morgan fingerprint density at radius 3 is 2.81 bits per heavy atom. The van der Waals surface area contributed by atoms with Gasteiger partial charge in [-0.1, -0.05) is 19.9 Å².